The highest BCUT2D eigenvalue weighted by atomic mass is 16.5. The molecular formula is C24H22N4O2. The predicted octanol–water partition coefficient (Wildman–Crippen LogP) is 4.02. The third kappa shape index (κ3) is 4.32. The van der Waals surface area contributed by atoms with Gasteiger partial charge in [-0.2, -0.15) is 5.26 Å². The maximum absolute atomic E-state index is 12.8. The molecule has 2 aromatic carbocycles. The van der Waals surface area contributed by atoms with Gasteiger partial charge >= 0.3 is 0 Å². The smallest absolute Gasteiger partial charge is 0.255 e. The molecule has 150 valence electrons. The molecule has 0 saturated carbocycles. The Morgan fingerprint density at radius 1 is 1.10 bits per heavy atom. The first-order valence-corrected chi connectivity index (χ1v) is 9.85. The third-order valence-electron chi connectivity index (χ3n) is 5.17. The Hall–Kier alpha value is -3.69. The molecule has 1 N–H and O–H groups in total. The first-order valence-electron chi connectivity index (χ1n) is 9.85. The lowest BCUT2D eigenvalue weighted by molar-refractivity contribution is 0.102. The van der Waals surface area contributed by atoms with Crippen LogP contribution in [0.5, 0.6) is 0 Å². The van der Waals surface area contributed by atoms with Gasteiger partial charge in [-0.25, -0.2) is 4.98 Å². The molecule has 6 nitrogen and oxygen atoms in total. The van der Waals surface area contributed by atoms with Gasteiger partial charge < -0.3 is 15.0 Å². The zero-order chi connectivity index (χ0) is 20.9. The fourth-order valence-corrected chi connectivity index (χ4v) is 3.44. The van der Waals surface area contributed by atoms with Gasteiger partial charge in [0.2, 0.25) is 0 Å². The van der Waals surface area contributed by atoms with Crippen LogP contribution in [0.1, 0.15) is 21.5 Å². The van der Waals surface area contributed by atoms with Crippen molar-refractivity contribution in [2.24, 2.45) is 0 Å². The van der Waals surface area contributed by atoms with E-state index in [1.54, 1.807) is 18.3 Å². The minimum absolute atomic E-state index is 0.189. The molecule has 6 heteroatoms. The number of hydrogen-bond acceptors (Lipinski definition) is 5. The highest BCUT2D eigenvalue weighted by molar-refractivity contribution is 6.05. The SMILES string of the molecule is Cc1ccc(C(=O)Nc2ccc(N3CCOCC3)nc2)cc1-c1ccc(C#N)cc1. The number of amides is 1. The number of anilines is 2. The van der Waals surface area contributed by atoms with Gasteiger partial charge in [-0.15, -0.1) is 0 Å². The van der Waals surface area contributed by atoms with Gasteiger partial charge in [0.1, 0.15) is 5.82 Å². The van der Waals surface area contributed by atoms with Crippen LogP contribution >= 0.6 is 0 Å². The number of nitrogens with zero attached hydrogens (tertiary/aromatic N) is 3. The Morgan fingerprint density at radius 3 is 2.53 bits per heavy atom. The molecule has 30 heavy (non-hydrogen) atoms. The fraction of sp³-hybridized carbons (Fsp3) is 0.208. The van der Waals surface area contributed by atoms with Crippen LogP contribution in [0.15, 0.2) is 60.8 Å². The minimum Gasteiger partial charge on any atom is -0.378 e. The van der Waals surface area contributed by atoms with Crippen LogP contribution in [0.25, 0.3) is 11.1 Å². The van der Waals surface area contributed by atoms with Crippen molar-refractivity contribution in [3.63, 3.8) is 0 Å². The van der Waals surface area contributed by atoms with Crippen LogP contribution in [-0.4, -0.2) is 37.2 Å². The predicted molar refractivity (Wildman–Crippen MR) is 117 cm³/mol. The molecule has 1 aliphatic rings. The molecule has 0 atom stereocenters. The Morgan fingerprint density at radius 2 is 1.87 bits per heavy atom. The van der Waals surface area contributed by atoms with Crippen molar-refractivity contribution < 1.29 is 9.53 Å². The summed E-state index contributed by atoms with van der Waals surface area (Å²) >= 11 is 0. The van der Waals surface area contributed by atoms with Gasteiger partial charge in [0.25, 0.3) is 5.91 Å². The minimum atomic E-state index is -0.189. The van der Waals surface area contributed by atoms with E-state index in [1.165, 1.54) is 0 Å². The first-order chi connectivity index (χ1) is 14.6. The van der Waals surface area contributed by atoms with Crippen molar-refractivity contribution >= 4 is 17.4 Å². The molecule has 0 aliphatic carbocycles. The number of aromatic nitrogens is 1. The molecule has 1 saturated heterocycles. The van der Waals surface area contributed by atoms with Crippen molar-refractivity contribution in [3.05, 3.63) is 77.5 Å². The number of pyridine rings is 1. The Kier molecular flexibility index (Phi) is 5.73. The first kappa shape index (κ1) is 19.6. The maximum Gasteiger partial charge on any atom is 0.255 e. The zero-order valence-corrected chi connectivity index (χ0v) is 16.8. The summed E-state index contributed by atoms with van der Waals surface area (Å²) in [5.74, 6) is 0.695. The lowest BCUT2D eigenvalue weighted by Crippen LogP contribution is -2.36. The molecule has 0 bridgehead atoms. The molecule has 1 fully saturated rings. The number of ether oxygens (including phenoxy) is 1. The normalized spacial score (nSPS) is 13.5. The molecule has 3 aromatic rings. The highest BCUT2D eigenvalue weighted by Crippen LogP contribution is 2.25. The highest BCUT2D eigenvalue weighted by Gasteiger charge is 2.13. The number of hydrogen-bond donors (Lipinski definition) is 1. The molecule has 1 aliphatic heterocycles. The van der Waals surface area contributed by atoms with Gasteiger partial charge in [-0.05, 0) is 60.0 Å². The van der Waals surface area contributed by atoms with Crippen LogP contribution in [-0.2, 0) is 4.74 Å². The van der Waals surface area contributed by atoms with Crippen LogP contribution < -0.4 is 10.2 Å². The molecule has 0 spiro atoms. The summed E-state index contributed by atoms with van der Waals surface area (Å²) in [6, 6.07) is 18.9. The number of rotatable bonds is 4. The van der Waals surface area contributed by atoms with Crippen molar-refractivity contribution in [2.75, 3.05) is 36.5 Å². The quantitative estimate of drug-likeness (QED) is 0.718. The number of nitriles is 1. The monoisotopic (exact) mass is 398 g/mol. The molecule has 0 unspecified atom stereocenters. The molecular weight excluding hydrogens is 376 g/mol. The molecule has 0 radical (unpaired) electrons. The summed E-state index contributed by atoms with van der Waals surface area (Å²) in [6.07, 6.45) is 1.68. The van der Waals surface area contributed by atoms with Gasteiger partial charge in [0, 0.05) is 18.7 Å². The number of nitrogens with one attached hydrogen (secondary N) is 1. The van der Waals surface area contributed by atoms with Crippen LogP contribution in [0.3, 0.4) is 0 Å². The number of morpholine rings is 1. The summed E-state index contributed by atoms with van der Waals surface area (Å²) < 4.78 is 5.37. The maximum atomic E-state index is 12.8. The summed E-state index contributed by atoms with van der Waals surface area (Å²) in [7, 11) is 0. The van der Waals surface area contributed by atoms with E-state index in [0.717, 1.165) is 35.6 Å². The molecule has 2 heterocycles. The number of carbonyl (C=O) groups excluding carboxylic acids is 1. The summed E-state index contributed by atoms with van der Waals surface area (Å²) in [6.45, 7) is 5.05. The van der Waals surface area contributed by atoms with Gasteiger partial charge in [-0.1, -0.05) is 18.2 Å². The van der Waals surface area contributed by atoms with Gasteiger partial charge in [-0.3, -0.25) is 4.79 Å². The van der Waals surface area contributed by atoms with Crippen LogP contribution in [0.4, 0.5) is 11.5 Å². The zero-order valence-electron chi connectivity index (χ0n) is 16.8. The molecule has 1 amide bonds. The molecule has 4 rings (SSSR count). The van der Waals surface area contributed by atoms with Gasteiger partial charge in [0.05, 0.1) is 36.7 Å². The van der Waals surface area contributed by atoms with E-state index in [2.05, 4.69) is 21.3 Å². The standard InChI is InChI=1S/C24H22N4O2/c1-17-2-5-20(14-22(17)19-6-3-18(15-25)4-7-19)24(29)27-21-8-9-23(26-16-21)28-10-12-30-13-11-28/h2-9,14,16H,10-13H2,1H3,(H,27,29). The van der Waals surface area contributed by atoms with Crippen molar-refractivity contribution in [3.8, 4) is 17.2 Å². The third-order valence-corrected chi connectivity index (χ3v) is 5.17. The number of carbonyl (C=O) groups is 1. The lowest BCUT2D eigenvalue weighted by atomic mass is 9.97. The second-order valence-corrected chi connectivity index (χ2v) is 7.18. The van der Waals surface area contributed by atoms with E-state index in [1.807, 2.05) is 49.4 Å². The van der Waals surface area contributed by atoms with E-state index < -0.39 is 0 Å². The molecule has 1 aromatic heterocycles. The number of benzene rings is 2. The van der Waals surface area contributed by atoms with E-state index >= 15 is 0 Å². The van der Waals surface area contributed by atoms with Crippen molar-refractivity contribution in [1.82, 2.24) is 4.98 Å². The Balaban J connectivity index is 1.50. The van der Waals surface area contributed by atoms with Crippen molar-refractivity contribution in [1.29, 1.82) is 5.26 Å². The summed E-state index contributed by atoms with van der Waals surface area (Å²) in [5.41, 5.74) is 4.83. The van der Waals surface area contributed by atoms with E-state index in [4.69, 9.17) is 10.00 Å². The Labute approximate surface area is 175 Å². The van der Waals surface area contributed by atoms with E-state index in [9.17, 15) is 4.79 Å². The Bertz CT molecular complexity index is 1080. The van der Waals surface area contributed by atoms with E-state index in [-0.39, 0.29) is 5.91 Å². The lowest BCUT2D eigenvalue weighted by Gasteiger charge is -2.27. The average molecular weight is 398 g/mol. The van der Waals surface area contributed by atoms with Crippen LogP contribution in [0, 0.1) is 18.3 Å². The number of aryl methyl sites for hydroxylation is 1. The topological polar surface area (TPSA) is 78.2 Å². The average Bonchev–Trinajstić information content (AvgIpc) is 2.80. The van der Waals surface area contributed by atoms with Crippen LogP contribution in [0.2, 0.25) is 0 Å². The fourth-order valence-electron chi connectivity index (χ4n) is 3.44. The van der Waals surface area contributed by atoms with Gasteiger partial charge in [0.15, 0.2) is 0 Å². The van der Waals surface area contributed by atoms with E-state index in [0.29, 0.717) is 30.0 Å². The summed E-state index contributed by atoms with van der Waals surface area (Å²) in [5, 5.41) is 11.9. The second kappa shape index (κ2) is 8.76. The summed E-state index contributed by atoms with van der Waals surface area (Å²) in [4.78, 5) is 19.4. The second-order valence-electron chi connectivity index (χ2n) is 7.18. The van der Waals surface area contributed by atoms with Crippen molar-refractivity contribution in [2.45, 2.75) is 6.92 Å². The largest absolute Gasteiger partial charge is 0.378 e.